The average molecular weight is 243 g/mol. The molecule has 0 unspecified atom stereocenters. The topological polar surface area (TPSA) is 92.9 Å². The number of rotatable bonds is 3. The van der Waals surface area contributed by atoms with Crippen LogP contribution in [0.4, 0.5) is 11.6 Å². The number of anilines is 2. The molecule has 0 saturated heterocycles. The Labute approximate surface area is 104 Å². The second-order valence-electron chi connectivity index (χ2n) is 3.69. The van der Waals surface area contributed by atoms with Gasteiger partial charge in [-0.25, -0.2) is 15.8 Å². The lowest BCUT2D eigenvalue weighted by atomic mass is 10.2. The molecule has 2 heterocycles. The largest absolute Gasteiger partial charge is 0.308 e. The van der Waals surface area contributed by atoms with Crippen LogP contribution in [0.15, 0.2) is 36.5 Å². The SMILES string of the molecule is Cc1cccc(NC(=O)c2ccc(NN)nc2)n1. The number of nitrogens with one attached hydrogen (secondary N) is 2. The number of nitrogens with zero attached hydrogens (tertiary/aromatic N) is 2. The molecule has 0 radical (unpaired) electrons. The highest BCUT2D eigenvalue weighted by Crippen LogP contribution is 2.08. The maximum absolute atomic E-state index is 11.9. The summed E-state index contributed by atoms with van der Waals surface area (Å²) >= 11 is 0. The number of carbonyl (C=O) groups excluding carboxylic acids is 1. The second-order valence-corrected chi connectivity index (χ2v) is 3.69. The summed E-state index contributed by atoms with van der Waals surface area (Å²) in [5.74, 6) is 5.95. The molecule has 0 aliphatic rings. The van der Waals surface area contributed by atoms with E-state index in [0.29, 0.717) is 17.2 Å². The molecular formula is C12H13N5O. The average Bonchev–Trinajstić information content (AvgIpc) is 2.39. The Morgan fingerprint density at radius 1 is 1.22 bits per heavy atom. The summed E-state index contributed by atoms with van der Waals surface area (Å²) < 4.78 is 0. The Kier molecular flexibility index (Phi) is 3.49. The smallest absolute Gasteiger partial charge is 0.258 e. The minimum Gasteiger partial charge on any atom is -0.308 e. The second kappa shape index (κ2) is 5.24. The Morgan fingerprint density at radius 3 is 2.67 bits per heavy atom. The minimum atomic E-state index is -0.260. The van der Waals surface area contributed by atoms with Gasteiger partial charge in [0.15, 0.2) is 0 Å². The molecule has 0 aliphatic heterocycles. The Morgan fingerprint density at radius 2 is 2.06 bits per heavy atom. The molecule has 0 aliphatic carbocycles. The first-order valence-electron chi connectivity index (χ1n) is 5.37. The zero-order chi connectivity index (χ0) is 13.0. The first-order chi connectivity index (χ1) is 8.69. The number of nitrogen functional groups attached to an aromatic ring is 1. The number of pyridine rings is 2. The van der Waals surface area contributed by atoms with E-state index < -0.39 is 0 Å². The fraction of sp³-hybridized carbons (Fsp3) is 0.0833. The maximum atomic E-state index is 11.9. The van der Waals surface area contributed by atoms with Crippen LogP contribution in [0, 0.1) is 6.92 Å². The summed E-state index contributed by atoms with van der Waals surface area (Å²) in [6.45, 7) is 1.86. The monoisotopic (exact) mass is 243 g/mol. The molecule has 18 heavy (non-hydrogen) atoms. The minimum absolute atomic E-state index is 0.260. The van der Waals surface area contributed by atoms with Gasteiger partial charge in [-0.15, -0.1) is 0 Å². The first kappa shape index (κ1) is 12.0. The highest BCUT2D eigenvalue weighted by atomic mass is 16.1. The van der Waals surface area contributed by atoms with E-state index in [0.717, 1.165) is 5.69 Å². The van der Waals surface area contributed by atoms with Crippen molar-refractivity contribution in [3.8, 4) is 0 Å². The predicted molar refractivity (Wildman–Crippen MR) is 69.0 cm³/mol. The van der Waals surface area contributed by atoms with Crippen LogP contribution < -0.4 is 16.6 Å². The predicted octanol–water partition coefficient (Wildman–Crippen LogP) is 1.32. The van der Waals surface area contributed by atoms with Crippen LogP contribution in [0.2, 0.25) is 0 Å². The van der Waals surface area contributed by atoms with E-state index in [1.165, 1.54) is 6.20 Å². The van der Waals surface area contributed by atoms with E-state index in [9.17, 15) is 4.79 Å². The first-order valence-corrected chi connectivity index (χ1v) is 5.37. The van der Waals surface area contributed by atoms with Crippen LogP contribution in [-0.2, 0) is 0 Å². The molecule has 0 atom stereocenters. The number of aromatic nitrogens is 2. The van der Waals surface area contributed by atoms with Crippen molar-refractivity contribution in [3.63, 3.8) is 0 Å². The van der Waals surface area contributed by atoms with Crippen LogP contribution in [0.5, 0.6) is 0 Å². The Hall–Kier alpha value is -2.47. The van der Waals surface area contributed by atoms with Gasteiger partial charge in [0.2, 0.25) is 0 Å². The lowest BCUT2D eigenvalue weighted by Crippen LogP contribution is -2.14. The molecule has 4 N–H and O–H groups in total. The van der Waals surface area contributed by atoms with Gasteiger partial charge in [0, 0.05) is 11.9 Å². The molecule has 0 spiro atoms. The van der Waals surface area contributed by atoms with Crippen molar-refractivity contribution in [2.45, 2.75) is 6.92 Å². The third kappa shape index (κ3) is 2.80. The molecule has 1 amide bonds. The summed E-state index contributed by atoms with van der Waals surface area (Å²) in [6, 6.07) is 8.68. The summed E-state index contributed by atoms with van der Waals surface area (Å²) in [7, 11) is 0. The third-order valence-corrected chi connectivity index (χ3v) is 2.30. The number of amides is 1. The maximum Gasteiger partial charge on any atom is 0.258 e. The van der Waals surface area contributed by atoms with Crippen LogP contribution in [-0.4, -0.2) is 15.9 Å². The number of carbonyl (C=O) groups is 1. The van der Waals surface area contributed by atoms with Crippen molar-refractivity contribution in [3.05, 3.63) is 47.8 Å². The van der Waals surface area contributed by atoms with Crippen molar-refractivity contribution < 1.29 is 4.79 Å². The quantitative estimate of drug-likeness (QED) is 0.558. The molecule has 92 valence electrons. The van der Waals surface area contributed by atoms with Crippen LogP contribution in [0.1, 0.15) is 16.1 Å². The van der Waals surface area contributed by atoms with Gasteiger partial charge >= 0.3 is 0 Å². The molecule has 0 fully saturated rings. The van der Waals surface area contributed by atoms with Gasteiger partial charge < -0.3 is 10.7 Å². The fourth-order valence-corrected chi connectivity index (χ4v) is 1.41. The number of hydrogen-bond donors (Lipinski definition) is 3. The van der Waals surface area contributed by atoms with E-state index in [1.54, 1.807) is 18.2 Å². The summed E-state index contributed by atoms with van der Waals surface area (Å²) in [5, 5.41) is 2.69. The van der Waals surface area contributed by atoms with Gasteiger partial charge in [-0.05, 0) is 31.2 Å². The highest BCUT2D eigenvalue weighted by molar-refractivity contribution is 6.03. The van der Waals surface area contributed by atoms with Crippen LogP contribution in [0.3, 0.4) is 0 Å². The van der Waals surface area contributed by atoms with E-state index in [1.807, 2.05) is 19.1 Å². The van der Waals surface area contributed by atoms with Crippen molar-refractivity contribution in [2.24, 2.45) is 5.84 Å². The standard InChI is InChI=1S/C12H13N5O/c1-8-3-2-4-11(15-8)16-12(18)9-5-6-10(17-13)14-7-9/h2-7H,13H2,1H3,(H,14,17)(H,15,16,18). The molecule has 6 heteroatoms. The van der Waals surface area contributed by atoms with Gasteiger partial charge in [-0.3, -0.25) is 4.79 Å². The van der Waals surface area contributed by atoms with Crippen molar-refractivity contribution in [1.82, 2.24) is 9.97 Å². The van der Waals surface area contributed by atoms with Gasteiger partial charge in [0.1, 0.15) is 11.6 Å². The molecular weight excluding hydrogens is 230 g/mol. The number of aryl methyl sites for hydroxylation is 1. The summed E-state index contributed by atoms with van der Waals surface area (Å²) in [5.41, 5.74) is 3.68. The molecule has 2 rings (SSSR count). The number of hydrazine groups is 1. The van der Waals surface area contributed by atoms with E-state index in [4.69, 9.17) is 5.84 Å². The highest BCUT2D eigenvalue weighted by Gasteiger charge is 2.07. The van der Waals surface area contributed by atoms with Gasteiger partial charge in [-0.2, -0.15) is 0 Å². The molecule has 6 nitrogen and oxygen atoms in total. The molecule has 0 aromatic carbocycles. The molecule has 0 saturated carbocycles. The van der Waals surface area contributed by atoms with Gasteiger partial charge in [0.05, 0.1) is 5.56 Å². The van der Waals surface area contributed by atoms with Crippen molar-refractivity contribution >= 4 is 17.5 Å². The molecule has 2 aromatic rings. The van der Waals surface area contributed by atoms with E-state index >= 15 is 0 Å². The zero-order valence-corrected chi connectivity index (χ0v) is 9.84. The van der Waals surface area contributed by atoms with Crippen molar-refractivity contribution in [1.29, 1.82) is 0 Å². The van der Waals surface area contributed by atoms with Crippen molar-refractivity contribution in [2.75, 3.05) is 10.7 Å². The fourth-order valence-electron chi connectivity index (χ4n) is 1.41. The Balaban J connectivity index is 2.11. The van der Waals surface area contributed by atoms with Crippen LogP contribution in [0.25, 0.3) is 0 Å². The molecule has 2 aromatic heterocycles. The lowest BCUT2D eigenvalue weighted by Gasteiger charge is -2.05. The van der Waals surface area contributed by atoms with Gasteiger partial charge in [0.25, 0.3) is 5.91 Å². The van der Waals surface area contributed by atoms with Crippen LogP contribution >= 0.6 is 0 Å². The zero-order valence-electron chi connectivity index (χ0n) is 9.84. The number of nitrogens with two attached hydrogens (primary N) is 1. The lowest BCUT2D eigenvalue weighted by molar-refractivity contribution is 0.102. The summed E-state index contributed by atoms with van der Waals surface area (Å²) in [4.78, 5) is 20.0. The van der Waals surface area contributed by atoms with Gasteiger partial charge in [-0.1, -0.05) is 6.07 Å². The Bertz CT molecular complexity index is 553. The number of hydrogen-bond acceptors (Lipinski definition) is 5. The summed E-state index contributed by atoms with van der Waals surface area (Å²) in [6.07, 6.45) is 1.44. The molecule has 0 bridgehead atoms. The third-order valence-electron chi connectivity index (χ3n) is 2.30. The normalized spacial score (nSPS) is 9.89. The van der Waals surface area contributed by atoms with E-state index in [-0.39, 0.29) is 5.91 Å². The van der Waals surface area contributed by atoms with E-state index in [2.05, 4.69) is 20.7 Å².